The number of nitrogens with zero attached hydrogens (tertiary/aromatic N) is 4. The number of hydrogen-bond acceptors (Lipinski definition) is 6. The molecule has 28 heavy (non-hydrogen) atoms. The smallest absolute Gasteiger partial charge is 0.318 e. The highest BCUT2D eigenvalue weighted by atomic mass is 32.2. The summed E-state index contributed by atoms with van der Waals surface area (Å²) in [6.45, 7) is 4.22. The summed E-state index contributed by atoms with van der Waals surface area (Å²) in [5.41, 5.74) is 7.85. The van der Waals surface area contributed by atoms with Crippen LogP contribution in [0.1, 0.15) is 25.3 Å². The number of rotatable bonds is 6. The van der Waals surface area contributed by atoms with Crippen LogP contribution >= 0.6 is 11.8 Å². The number of imide groups is 1. The van der Waals surface area contributed by atoms with Gasteiger partial charge in [0.1, 0.15) is 0 Å². The van der Waals surface area contributed by atoms with E-state index in [-0.39, 0.29) is 11.7 Å². The molecule has 0 saturated heterocycles. The van der Waals surface area contributed by atoms with Crippen molar-refractivity contribution in [3.8, 4) is 17.1 Å². The maximum absolute atomic E-state index is 11.8. The molecule has 3 aromatic rings. The van der Waals surface area contributed by atoms with Crippen LogP contribution in [0.25, 0.3) is 17.1 Å². The van der Waals surface area contributed by atoms with Gasteiger partial charge in [0.05, 0.1) is 11.4 Å². The van der Waals surface area contributed by atoms with Crippen molar-refractivity contribution in [1.82, 2.24) is 25.1 Å². The molecule has 1 aromatic carbocycles. The van der Waals surface area contributed by atoms with E-state index < -0.39 is 11.9 Å². The molecule has 0 aliphatic rings. The third-order valence-corrected chi connectivity index (χ3v) is 4.88. The lowest BCUT2D eigenvalue weighted by Gasteiger charge is -2.16. The fourth-order valence-corrected chi connectivity index (χ4v) is 3.49. The lowest BCUT2D eigenvalue weighted by Crippen LogP contribution is -2.36. The number of urea groups is 1. The van der Waals surface area contributed by atoms with Crippen LogP contribution in [0.15, 0.2) is 53.9 Å². The molecule has 0 aliphatic heterocycles. The molecule has 144 valence electrons. The largest absolute Gasteiger partial charge is 0.351 e. The van der Waals surface area contributed by atoms with E-state index in [2.05, 4.69) is 40.4 Å². The van der Waals surface area contributed by atoms with Crippen molar-refractivity contribution in [3.63, 3.8) is 0 Å². The minimum absolute atomic E-state index is 0.0159. The lowest BCUT2D eigenvalue weighted by atomic mass is 10.0. The zero-order valence-electron chi connectivity index (χ0n) is 15.5. The number of nitrogens with one attached hydrogen (secondary N) is 1. The van der Waals surface area contributed by atoms with Crippen molar-refractivity contribution in [2.24, 2.45) is 5.73 Å². The first-order valence-corrected chi connectivity index (χ1v) is 9.63. The number of nitrogens with two attached hydrogens (primary N) is 1. The van der Waals surface area contributed by atoms with Gasteiger partial charge in [-0.3, -0.25) is 19.7 Å². The molecule has 3 rings (SSSR count). The van der Waals surface area contributed by atoms with Crippen molar-refractivity contribution in [2.45, 2.75) is 24.9 Å². The Hall–Kier alpha value is -3.20. The Labute approximate surface area is 166 Å². The van der Waals surface area contributed by atoms with E-state index in [1.165, 1.54) is 11.8 Å². The Kier molecular flexibility index (Phi) is 6.05. The van der Waals surface area contributed by atoms with Crippen molar-refractivity contribution < 1.29 is 9.59 Å². The van der Waals surface area contributed by atoms with E-state index in [0.717, 1.165) is 16.8 Å². The molecule has 8 nitrogen and oxygen atoms in total. The molecule has 3 amide bonds. The molecule has 2 heterocycles. The summed E-state index contributed by atoms with van der Waals surface area (Å²) in [5.74, 6) is 0.389. The van der Waals surface area contributed by atoms with Gasteiger partial charge in [-0.1, -0.05) is 43.8 Å². The third-order valence-electron chi connectivity index (χ3n) is 3.95. The van der Waals surface area contributed by atoms with Gasteiger partial charge in [-0.05, 0) is 29.7 Å². The van der Waals surface area contributed by atoms with E-state index in [4.69, 9.17) is 5.73 Å². The average Bonchev–Trinajstić information content (AvgIpc) is 3.10. The van der Waals surface area contributed by atoms with Crippen molar-refractivity contribution in [2.75, 3.05) is 5.75 Å². The zero-order valence-corrected chi connectivity index (χ0v) is 16.3. The average molecular weight is 396 g/mol. The topological polar surface area (TPSA) is 116 Å². The number of aromatic nitrogens is 4. The van der Waals surface area contributed by atoms with Gasteiger partial charge in [0, 0.05) is 18.0 Å². The molecule has 0 spiro atoms. The van der Waals surface area contributed by atoms with E-state index in [1.54, 1.807) is 12.4 Å². The molecule has 0 unspecified atom stereocenters. The van der Waals surface area contributed by atoms with E-state index in [1.807, 2.05) is 34.9 Å². The summed E-state index contributed by atoms with van der Waals surface area (Å²) < 4.78 is 1.91. The Balaban J connectivity index is 2.06. The molecule has 0 aliphatic carbocycles. The van der Waals surface area contributed by atoms with Gasteiger partial charge in [0.15, 0.2) is 11.0 Å². The number of para-hydroxylation sites is 1. The lowest BCUT2D eigenvalue weighted by molar-refractivity contribution is -0.117. The van der Waals surface area contributed by atoms with Gasteiger partial charge in [0.2, 0.25) is 5.91 Å². The summed E-state index contributed by atoms with van der Waals surface area (Å²) in [5, 5.41) is 11.2. The van der Waals surface area contributed by atoms with E-state index in [0.29, 0.717) is 11.0 Å². The molecular weight excluding hydrogens is 376 g/mol. The number of amides is 3. The van der Waals surface area contributed by atoms with Crippen LogP contribution in [0.4, 0.5) is 4.79 Å². The van der Waals surface area contributed by atoms with E-state index >= 15 is 0 Å². The minimum atomic E-state index is -0.881. The number of pyridine rings is 1. The van der Waals surface area contributed by atoms with Gasteiger partial charge >= 0.3 is 6.03 Å². The fraction of sp³-hybridized carbons (Fsp3) is 0.211. The van der Waals surface area contributed by atoms with Gasteiger partial charge in [-0.2, -0.15) is 0 Å². The first-order chi connectivity index (χ1) is 13.5. The molecular formula is C19H20N6O2S. The number of benzene rings is 1. The molecule has 3 N–H and O–H groups in total. The van der Waals surface area contributed by atoms with Gasteiger partial charge < -0.3 is 5.73 Å². The van der Waals surface area contributed by atoms with Gasteiger partial charge in [0.25, 0.3) is 0 Å². The molecule has 0 saturated carbocycles. The third kappa shape index (κ3) is 4.37. The van der Waals surface area contributed by atoms with Crippen molar-refractivity contribution >= 4 is 23.7 Å². The SMILES string of the molecule is CC(C)c1ccccc1-n1c(SCC(=O)NC(N)=O)nnc1-c1cccnc1. The minimum Gasteiger partial charge on any atom is -0.351 e. The Bertz CT molecular complexity index is 987. The number of thioether (sulfide) groups is 1. The monoisotopic (exact) mass is 396 g/mol. The van der Waals surface area contributed by atoms with Crippen LogP contribution in [0.2, 0.25) is 0 Å². The Morgan fingerprint density at radius 2 is 1.96 bits per heavy atom. The standard InChI is InChI=1S/C19H20N6O2S/c1-12(2)14-7-3-4-8-15(14)25-17(13-6-5-9-21-10-13)23-24-19(25)28-11-16(26)22-18(20)27/h3-10,12H,11H2,1-2H3,(H3,20,22,26,27). The van der Waals surface area contributed by atoms with Crippen LogP contribution in [-0.4, -0.2) is 37.4 Å². The second kappa shape index (κ2) is 8.66. The first-order valence-electron chi connectivity index (χ1n) is 8.64. The quantitative estimate of drug-likeness (QED) is 0.619. The number of carbonyl (C=O) groups excluding carboxylic acids is 2. The number of primary amides is 1. The molecule has 2 aromatic heterocycles. The zero-order chi connectivity index (χ0) is 20.1. The highest BCUT2D eigenvalue weighted by Gasteiger charge is 2.20. The Morgan fingerprint density at radius 3 is 2.64 bits per heavy atom. The van der Waals surface area contributed by atoms with E-state index in [9.17, 15) is 9.59 Å². The first kappa shape index (κ1) is 19.6. The van der Waals surface area contributed by atoms with Crippen LogP contribution < -0.4 is 11.1 Å². The van der Waals surface area contributed by atoms with Crippen LogP contribution in [-0.2, 0) is 4.79 Å². The second-order valence-corrected chi connectivity index (χ2v) is 7.24. The highest BCUT2D eigenvalue weighted by Crippen LogP contribution is 2.31. The summed E-state index contributed by atoms with van der Waals surface area (Å²) in [4.78, 5) is 26.9. The normalized spacial score (nSPS) is 10.8. The molecule has 0 bridgehead atoms. The fourth-order valence-electron chi connectivity index (χ4n) is 2.75. The predicted molar refractivity (Wildman–Crippen MR) is 107 cm³/mol. The van der Waals surface area contributed by atoms with Crippen LogP contribution in [0.5, 0.6) is 0 Å². The van der Waals surface area contributed by atoms with Gasteiger partial charge in [-0.25, -0.2) is 4.79 Å². The Morgan fingerprint density at radius 1 is 1.18 bits per heavy atom. The predicted octanol–water partition coefficient (Wildman–Crippen LogP) is 2.74. The summed E-state index contributed by atoms with van der Waals surface area (Å²) in [6, 6.07) is 10.8. The molecule has 0 fully saturated rings. The molecule has 9 heteroatoms. The van der Waals surface area contributed by atoms with Gasteiger partial charge in [-0.15, -0.1) is 10.2 Å². The maximum Gasteiger partial charge on any atom is 0.318 e. The number of carbonyl (C=O) groups is 2. The van der Waals surface area contributed by atoms with Crippen LogP contribution in [0, 0.1) is 0 Å². The van der Waals surface area contributed by atoms with Crippen LogP contribution in [0.3, 0.4) is 0 Å². The maximum atomic E-state index is 11.8. The molecule has 0 atom stereocenters. The highest BCUT2D eigenvalue weighted by molar-refractivity contribution is 7.99. The van der Waals surface area contributed by atoms with Crippen molar-refractivity contribution in [3.05, 3.63) is 54.4 Å². The summed E-state index contributed by atoms with van der Waals surface area (Å²) >= 11 is 1.18. The summed E-state index contributed by atoms with van der Waals surface area (Å²) in [6.07, 6.45) is 3.41. The number of hydrogen-bond donors (Lipinski definition) is 2. The van der Waals surface area contributed by atoms with Crippen molar-refractivity contribution in [1.29, 1.82) is 0 Å². The molecule has 0 radical (unpaired) electrons. The summed E-state index contributed by atoms with van der Waals surface area (Å²) in [7, 11) is 0. The second-order valence-electron chi connectivity index (χ2n) is 6.30.